The monoisotopic (exact) mass is 597 g/mol. The van der Waals surface area contributed by atoms with Gasteiger partial charge in [0.05, 0.1) is 25.1 Å². The molecule has 0 unspecified atom stereocenters. The summed E-state index contributed by atoms with van der Waals surface area (Å²) >= 11 is 4.13. The number of thioether (sulfide) groups is 2. The molecule has 0 radical (unpaired) electrons. The molecule has 0 aliphatic rings. The first-order valence-corrected chi connectivity index (χ1v) is 15.3. The van der Waals surface area contributed by atoms with Crippen LogP contribution in [0.5, 0.6) is 5.75 Å². The third-order valence-electron chi connectivity index (χ3n) is 5.70. The Bertz CT molecular complexity index is 1460. The summed E-state index contributed by atoms with van der Waals surface area (Å²) in [6.45, 7) is 8.55. The number of rotatable bonds is 11. The first kappa shape index (κ1) is 29.6. The zero-order valence-electron chi connectivity index (χ0n) is 22.9. The Morgan fingerprint density at radius 2 is 1.75 bits per heavy atom. The van der Waals surface area contributed by atoms with Crippen molar-refractivity contribution in [2.45, 2.75) is 49.2 Å². The van der Waals surface area contributed by atoms with Crippen molar-refractivity contribution in [2.75, 3.05) is 23.9 Å². The lowest BCUT2D eigenvalue weighted by Gasteiger charge is -2.19. The van der Waals surface area contributed by atoms with Crippen LogP contribution in [0.15, 0.2) is 58.0 Å². The SMILES string of the molecule is CCSc1nnc(NC(=O)CSc2nnc(CNC(=O)c3ccc(C(C)(C)C)cc3)n2-c2ccccc2OC)s1. The van der Waals surface area contributed by atoms with Gasteiger partial charge < -0.3 is 10.1 Å². The highest BCUT2D eigenvalue weighted by molar-refractivity contribution is 8.01. The van der Waals surface area contributed by atoms with Crippen molar-refractivity contribution in [3.63, 3.8) is 0 Å². The molecule has 2 aromatic carbocycles. The average Bonchev–Trinajstić information content (AvgIpc) is 3.56. The van der Waals surface area contributed by atoms with Gasteiger partial charge in [0.2, 0.25) is 11.0 Å². The second-order valence-corrected chi connectivity index (χ2v) is 13.0. The maximum absolute atomic E-state index is 12.9. The molecule has 40 heavy (non-hydrogen) atoms. The molecule has 0 saturated carbocycles. The van der Waals surface area contributed by atoms with Gasteiger partial charge in [0.25, 0.3) is 5.91 Å². The maximum atomic E-state index is 12.9. The van der Waals surface area contributed by atoms with Gasteiger partial charge in [0.15, 0.2) is 15.3 Å². The van der Waals surface area contributed by atoms with E-state index in [9.17, 15) is 9.59 Å². The molecule has 2 aromatic heterocycles. The van der Waals surface area contributed by atoms with Crippen molar-refractivity contribution in [2.24, 2.45) is 0 Å². The highest BCUT2D eigenvalue weighted by atomic mass is 32.2. The molecule has 210 valence electrons. The van der Waals surface area contributed by atoms with Crippen molar-refractivity contribution in [1.82, 2.24) is 30.3 Å². The van der Waals surface area contributed by atoms with Crippen LogP contribution in [-0.2, 0) is 16.8 Å². The summed E-state index contributed by atoms with van der Waals surface area (Å²) < 4.78 is 8.17. The number of amides is 2. The van der Waals surface area contributed by atoms with Crippen LogP contribution >= 0.6 is 34.9 Å². The number of para-hydroxylation sites is 2. The minimum atomic E-state index is -0.239. The lowest BCUT2D eigenvalue weighted by molar-refractivity contribution is -0.113. The lowest BCUT2D eigenvalue weighted by atomic mass is 9.87. The normalized spacial score (nSPS) is 11.3. The lowest BCUT2D eigenvalue weighted by Crippen LogP contribution is -2.25. The number of anilines is 1. The van der Waals surface area contributed by atoms with E-state index < -0.39 is 0 Å². The Hall–Kier alpha value is -3.42. The molecule has 0 saturated heterocycles. The molecule has 0 spiro atoms. The molecule has 2 N–H and O–H groups in total. The molecule has 13 heteroatoms. The molecule has 2 amide bonds. The number of benzene rings is 2. The second kappa shape index (κ2) is 13.3. The van der Waals surface area contributed by atoms with Crippen LogP contribution < -0.4 is 15.4 Å². The van der Waals surface area contributed by atoms with Crippen molar-refractivity contribution in [1.29, 1.82) is 0 Å². The number of nitrogens with zero attached hydrogens (tertiary/aromatic N) is 5. The number of nitrogens with one attached hydrogen (secondary N) is 2. The summed E-state index contributed by atoms with van der Waals surface area (Å²) in [5, 5.41) is 23.4. The van der Waals surface area contributed by atoms with Crippen LogP contribution in [0.3, 0.4) is 0 Å². The van der Waals surface area contributed by atoms with E-state index in [0.717, 1.165) is 15.7 Å². The quantitative estimate of drug-likeness (QED) is 0.177. The van der Waals surface area contributed by atoms with Crippen LogP contribution in [0, 0.1) is 0 Å². The van der Waals surface area contributed by atoms with Gasteiger partial charge in [-0.3, -0.25) is 19.5 Å². The van der Waals surface area contributed by atoms with Crippen LogP contribution in [0.4, 0.5) is 5.13 Å². The Morgan fingerprint density at radius 3 is 2.45 bits per heavy atom. The van der Waals surface area contributed by atoms with Gasteiger partial charge in [-0.2, -0.15) is 0 Å². The molecule has 2 heterocycles. The van der Waals surface area contributed by atoms with E-state index in [-0.39, 0.29) is 29.5 Å². The van der Waals surface area contributed by atoms with E-state index in [2.05, 4.69) is 51.8 Å². The summed E-state index contributed by atoms with van der Waals surface area (Å²) in [5.74, 6) is 1.60. The topological polar surface area (TPSA) is 124 Å². The van der Waals surface area contributed by atoms with Crippen molar-refractivity contribution in [3.05, 3.63) is 65.5 Å². The fourth-order valence-corrected chi connectivity index (χ4v) is 6.10. The smallest absolute Gasteiger partial charge is 0.251 e. The Morgan fingerprint density at radius 1 is 1.00 bits per heavy atom. The average molecular weight is 598 g/mol. The Kier molecular flexibility index (Phi) is 9.82. The van der Waals surface area contributed by atoms with E-state index in [4.69, 9.17) is 4.74 Å². The molecule has 0 aliphatic heterocycles. The van der Waals surface area contributed by atoms with Gasteiger partial charge in [-0.05, 0) is 41.0 Å². The summed E-state index contributed by atoms with van der Waals surface area (Å²) in [4.78, 5) is 25.6. The number of methoxy groups -OCH3 is 1. The standard InChI is InChI=1S/C27H31N7O3S3/c1-6-38-26-33-31-24(40-26)29-22(35)16-39-25-32-30-21(34(25)19-9-7-8-10-20(19)37-5)15-28-23(36)17-11-13-18(14-12-17)27(2,3)4/h7-14H,6,15-16H2,1-5H3,(H,28,36)(H,29,31,35). The molecule has 4 rings (SSSR count). The number of aromatic nitrogens is 5. The van der Waals surface area contributed by atoms with E-state index in [1.165, 1.54) is 23.1 Å². The van der Waals surface area contributed by atoms with Crippen molar-refractivity contribution in [3.8, 4) is 11.4 Å². The fraction of sp³-hybridized carbons (Fsp3) is 0.333. The molecular weight excluding hydrogens is 567 g/mol. The summed E-state index contributed by atoms with van der Waals surface area (Å²) in [6, 6.07) is 15.0. The van der Waals surface area contributed by atoms with E-state index in [0.29, 0.717) is 33.1 Å². The molecule has 10 nitrogen and oxygen atoms in total. The zero-order valence-corrected chi connectivity index (χ0v) is 25.4. The summed E-state index contributed by atoms with van der Waals surface area (Å²) in [5.41, 5.74) is 2.40. The van der Waals surface area contributed by atoms with Gasteiger partial charge in [0.1, 0.15) is 5.75 Å². The molecule has 4 aromatic rings. The molecule has 0 atom stereocenters. The first-order chi connectivity index (χ1) is 19.2. The fourth-order valence-electron chi connectivity index (χ4n) is 3.68. The second-order valence-electron chi connectivity index (χ2n) is 9.56. The molecule has 0 bridgehead atoms. The number of hydrogen-bond acceptors (Lipinski definition) is 10. The van der Waals surface area contributed by atoms with Crippen LogP contribution in [-0.4, -0.2) is 55.4 Å². The van der Waals surface area contributed by atoms with E-state index in [1.54, 1.807) is 23.4 Å². The third-order valence-corrected chi connectivity index (χ3v) is 8.48. The Labute approximate surface area is 245 Å². The predicted molar refractivity (Wildman–Crippen MR) is 160 cm³/mol. The summed E-state index contributed by atoms with van der Waals surface area (Å²) in [7, 11) is 1.58. The highest BCUT2D eigenvalue weighted by Crippen LogP contribution is 2.29. The zero-order chi connectivity index (χ0) is 28.7. The molecular formula is C27H31N7O3S3. The van der Waals surface area contributed by atoms with E-state index >= 15 is 0 Å². The molecule has 0 fully saturated rings. The van der Waals surface area contributed by atoms with Gasteiger partial charge in [0, 0.05) is 5.56 Å². The number of carbonyl (C=O) groups is 2. The number of ether oxygens (including phenoxy) is 1. The largest absolute Gasteiger partial charge is 0.495 e. The molecule has 0 aliphatic carbocycles. The number of hydrogen-bond donors (Lipinski definition) is 2. The van der Waals surface area contributed by atoms with Crippen LogP contribution in [0.1, 0.15) is 49.4 Å². The van der Waals surface area contributed by atoms with Crippen LogP contribution in [0.25, 0.3) is 5.69 Å². The van der Waals surface area contributed by atoms with Gasteiger partial charge in [-0.25, -0.2) is 0 Å². The van der Waals surface area contributed by atoms with E-state index in [1.807, 2.05) is 55.5 Å². The van der Waals surface area contributed by atoms with Crippen molar-refractivity contribution < 1.29 is 14.3 Å². The highest BCUT2D eigenvalue weighted by Gasteiger charge is 2.20. The van der Waals surface area contributed by atoms with Crippen LogP contribution in [0.2, 0.25) is 0 Å². The number of carbonyl (C=O) groups excluding carboxylic acids is 2. The third kappa shape index (κ3) is 7.40. The van der Waals surface area contributed by atoms with Crippen molar-refractivity contribution >= 4 is 51.8 Å². The Balaban J connectivity index is 1.50. The minimum absolute atomic E-state index is 0.000623. The first-order valence-electron chi connectivity index (χ1n) is 12.5. The maximum Gasteiger partial charge on any atom is 0.251 e. The minimum Gasteiger partial charge on any atom is -0.495 e. The van der Waals surface area contributed by atoms with Gasteiger partial charge in [-0.15, -0.1) is 20.4 Å². The summed E-state index contributed by atoms with van der Waals surface area (Å²) in [6.07, 6.45) is 0. The van der Waals surface area contributed by atoms with Gasteiger partial charge >= 0.3 is 0 Å². The van der Waals surface area contributed by atoms with Gasteiger partial charge in [-0.1, -0.05) is 86.8 Å². The predicted octanol–water partition coefficient (Wildman–Crippen LogP) is 5.20.